The van der Waals surface area contributed by atoms with Crippen molar-refractivity contribution in [2.75, 3.05) is 19.8 Å². The molecule has 0 bridgehead atoms. The van der Waals surface area contributed by atoms with Gasteiger partial charge in [-0.15, -0.1) is 0 Å². The second-order valence-electron chi connectivity index (χ2n) is 5.18. The van der Waals surface area contributed by atoms with Gasteiger partial charge in [-0.2, -0.15) is 18.3 Å². The third-order valence-electron chi connectivity index (χ3n) is 3.48. The van der Waals surface area contributed by atoms with E-state index in [1.807, 2.05) is 0 Å². The third-order valence-corrected chi connectivity index (χ3v) is 3.97. The Labute approximate surface area is 139 Å². The Hall–Kier alpha value is -1.38. The van der Waals surface area contributed by atoms with Gasteiger partial charge in [0.05, 0.1) is 37.6 Å². The molecule has 0 N–H and O–H groups in total. The molecule has 8 heteroatoms. The second kappa shape index (κ2) is 6.62. The van der Waals surface area contributed by atoms with E-state index in [1.165, 1.54) is 6.07 Å². The molecule has 1 saturated heterocycles. The number of benzene rings is 1. The Morgan fingerprint density at radius 3 is 2.78 bits per heavy atom. The topological polar surface area (TPSA) is 36.3 Å². The molecular weight excluding hydrogens is 377 g/mol. The maximum absolute atomic E-state index is 13.2. The summed E-state index contributed by atoms with van der Waals surface area (Å²) in [7, 11) is 0. The highest BCUT2D eigenvalue weighted by Gasteiger charge is 2.34. The van der Waals surface area contributed by atoms with Crippen LogP contribution in [0.3, 0.4) is 0 Å². The van der Waals surface area contributed by atoms with Crippen LogP contribution in [0.25, 0.3) is 11.3 Å². The lowest BCUT2D eigenvalue weighted by molar-refractivity contribution is -0.137. The van der Waals surface area contributed by atoms with Gasteiger partial charge in [0.2, 0.25) is 0 Å². The van der Waals surface area contributed by atoms with Crippen molar-refractivity contribution in [1.29, 1.82) is 0 Å². The Balaban J connectivity index is 1.85. The van der Waals surface area contributed by atoms with Gasteiger partial charge in [-0.3, -0.25) is 4.68 Å². The molecule has 1 aromatic heterocycles. The Morgan fingerprint density at radius 2 is 2.09 bits per heavy atom. The van der Waals surface area contributed by atoms with Crippen LogP contribution in [0.4, 0.5) is 13.2 Å². The van der Waals surface area contributed by atoms with Crippen molar-refractivity contribution >= 4 is 15.9 Å². The molecule has 0 spiro atoms. The summed E-state index contributed by atoms with van der Waals surface area (Å²) in [5.74, 6) is 0. The quantitative estimate of drug-likeness (QED) is 0.800. The molecule has 0 unspecified atom stereocenters. The largest absolute Gasteiger partial charge is 0.417 e. The summed E-state index contributed by atoms with van der Waals surface area (Å²) < 4.78 is 52.4. The molecule has 0 saturated carbocycles. The first kappa shape index (κ1) is 16.5. The van der Waals surface area contributed by atoms with Gasteiger partial charge in [0.25, 0.3) is 0 Å². The van der Waals surface area contributed by atoms with Gasteiger partial charge in [0.15, 0.2) is 0 Å². The molecule has 3 rings (SSSR count). The van der Waals surface area contributed by atoms with E-state index < -0.39 is 11.7 Å². The van der Waals surface area contributed by atoms with Crippen LogP contribution in [-0.4, -0.2) is 35.7 Å². The molecule has 1 atom stereocenters. The van der Waals surface area contributed by atoms with E-state index in [4.69, 9.17) is 9.47 Å². The molecule has 2 heterocycles. The maximum atomic E-state index is 13.2. The number of nitrogens with zero attached hydrogens (tertiary/aromatic N) is 2. The minimum Gasteiger partial charge on any atom is -0.376 e. The fourth-order valence-electron chi connectivity index (χ4n) is 2.43. The van der Waals surface area contributed by atoms with Crippen LogP contribution in [0.5, 0.6) is 0 Å². The Kier molecular flexibility index (Phi) is 4.74. The van der Waals surface area contributed by atoms with Crippen molar-refractivity contribution in [3.63, 3.8) is 0 Å². The highest BCUT2D eigenvalue weighted by molar-refractivity contribution is 9.10. The summed E-state index contributed by atoms with van der Waals surface area (Å²) in [6.07, 6.45) is -2.93. The van der Waals surface area contributed by atoms with Crippen molar-refractivity contribution in [1.82, 2.24) is 9.78 Å². The predicted molar refractivity (Wildman–Crippen MR) is 80.9 cm³/mol. The van der Waals surface area contributed by atoms with E-state index in [9.17, 15) is 13.2 Å². The summed E-state index contributed by atoms with van der Waals surface area (Å²) >= 11 is 3.08. The van der Waals surface area contributed by atoms with Crippen molar-refractivity contribution in [3.05, 3.63) is 40.5 Å². The maximum Gasteiger partial charge on any atom is 0.417 e. The monoisotopic (exact) mass is 390 g/mol. The van der Waals surface area contributed by atoms with E-state index >= 15 is 0 Å². The molecule has 4 nitrogen and oxygen atoms in total. The zero-order chi connectivity index (χ0) is 16.4. The number of rotatable bonds is 3. The first-order chi connectivity index (χ1) is 10.9. The summed E-state index contributed by atoms with van der Waals surface area (Å²) in [4.78, 5) is 0. The minimum absolute atomic E-state index is 0.0558. The van der Waals surface area contributed by atoms with Gasteiger partial charge in [0.1, 0.15) is 6.10 Å². The second-order valence-corrected chi connectivity index (χ2v) is 6.09. The third kappa shape index (κ3) is 3.94. The van der Waals surface area contributed by atoms with Crippen molar-refractivity contribution < 1.29 is 22.6 Å². The molecule has 1 aliphatic rings. The van der Waals surface area contributed by atoms with Crippen LogP contribution in [-0.2, 0) is 22.2 Å². The minimum atomic E-state index is -4.44. The number of hydrogen-bond acceptors (Lipinski definition) is 3. The highest BCUT2D eigenvalue weighted by Crippen LogP contribution is 2.38. The number of hydrogen-bond donors (Lipinski definition) is 0. The number of aromatic nitrogens is 2. The van der Waals surface area contributed by atoms with Gasteiger partial charge < -0.3 is 9.47 Å². The first-order valence-corrected chi connectivity index (χ1v) is 7.83. The summed E-state index contributed by atoms with van der Waals surface area (Å²) in [5.41, 5.74) is -0.379. The Bertz CT molecular complexity index is 682. The van der Waals surface area contributed by atoms with Crippen molar-refractivity contribution in [2.24, 2.45) is 0 Å². The van der Waals surface area contributed by atoms with Gasteiger partial charge >= 0.3 is 6.18 Å². The SMILES string of the molecule is FC(F)(F)c1cc(Br)ccc1-c1ccn(C[C@H]2COCCO2)n1. The van der Waals surface area contributed by atoms with Crippen LogP contribution in [0.15, 0.2) is 34.9 Å². The van der Waals surface area contributed by atoms with Gasteiger partial charge in [-0.25, -0.2) is 0 Å². The fourth-order valence-corrected chi connectivity index (χ4v) is 2.79. The predicted octanol–water partition coefficient (Wildman–Crippen LogP) is 3.75. The van der Waals surface area contributed by atoms with E-state index in [2.05, 4.69) is 21.0 Å². The van der Waals surface area contributed by atoms with Crippen LogP contribution in [0.1, 0.15) is 5.56 Å². The first-order valence-electron chi connectivity index (χ1n) is 7.03. The van der Waals surface area contributed by atoms with E-state index in [0.717, 1.165) is 6.07 Å². The normalized spacial score (nSPS) is 19.0. The lowest BCUT2D eigenvalue weighted by Crippen LogP contribution is -2.32. The van der Waals surface area contributed by atoms with Crippen LogP contribution >= 0.6 is 15.9 Å². The zero-order valence-electron chi connectivity index (χ0n) is 12.0. The smallest absolute Gasteiger partial charge is 0.376 e. The molecule has 0 amide bonds. The van der Waals surface area contributed by atoms with E-state index in [0.29, 0.717) is 30.8 Å². The molecule has 0 radical (unpaired) electrons. The van der Waals surface area contributed by atoms with E-state index in [-0.39, 0.29) is 17.4 Å². The number of ether oxygens (including phenoxy) is 2. The van der Waals surface area contributed by atoms with Crippen molar-refractivity contribution in [3.8, 4) is 11.3 Å². The molecule has 1 aromatic carbocycles. The van der Waals surface area contributed by atoms with E-state index in [1.54, 1.807) is 23.0 Å². The summed E-state index contributed by atoms with van der Waals surface area (Å²) in [6, 6.07) is 5.62. The van der Waals surface area contributed by atoms with Crippen LogP contribution in [0, 0.1) is 0 Å². The zero-order valence-corrected chi connectivity index (χ0v) is 13.6. The molecule has 1 aliphatic heterocycles. The molecule has 23 heavy (non-hydrogen) atoms. The Morgan fingerprint density at radius 1 is 1.26 bits per heavy atom. The standard InChI is InChI=1S/C15H14BrF3N2O2/c16-10-1-2-12(13(7-10)15(17,18)19)14-3-4-21(20-14)8-11-9-22-5-6-23-11/h1-4,7,11H,5-6,8-9H2/t11-/m0/s1. The summed E-state index contributed by atoms with van der Waals surface area (Å²) in [5, 5.41) is 4.24. The van der Waals surface area contributed by atoms with Gasteiger partial charge in [-0.05, 0) is 18.2 Å². The average molecular weight is 391 g/mol. The lowest BCUT2D eigenvalue weighted by atomic mass is 10.0. The van der Waals surface area contributed by atoms with Gasteiger partial charge in [-0.1, -0.05) is 22.0 Å². The molecule has 2 aromatic rings. The van der Waals surface area contributed by atoms with Crippen molar-refractivity contribution in [2.45, 2.75) is 18.8 Å². The highest BCUT2D eigenvalue weighted by atomic mass is 79.9. The summed E-state index contributed by atoms with van der Waals surface area (Å²) in [6.45, 7) is 1.98. The average Bonchev–Trinajstić information content (AvgIpc) is 2.95. The number of halogens is 4. The molecular formula is C15H14BrF3N2O2. The van der Waals surface area contributed by atoms with Crippen LogP contribution < -0.4 is 0 Å². The van der Waals surface area contributed by atoms with Gasteiger partial charge in [0, 0.05) is 16.2 Å². The fraction of sp³-hybridized carbons (Fsp3) is 0.400. The molecule has 1 fully saturated rings. The molecule has 0 aliphatic carbocycles. The lowest BCUT2D eigenvalue weighted by Gasteiger charge is -2.22. The molecule has 124 valence electrons. The number of alkyl halides is 3. The van der Waals surface area contributed by atoms with Crippen LogP contribution in [0.2, 0.25) is 0 Å².